The molecule has 3 aromatic rings. The molecule has 10 heteroatoms. The van der Waals surface area contributed by atoms with E-state index in [1.54, 1.807) is 60.7 Å². The second-order valence-electron chi connectivity index (χ2n) is 6.77. The van der Waals surface area contributed by atoms with Crippen molar-refractivity contribution in [1.82, 2.24) is 5.43 Å². The SMILES string of the molecule is COC(=O)c1ccc(COc2ccccc2/C=N\NC(=O)C(=O)Nc2cccc(Cl)c2Cl)cc1. The van der Waals surface area contributed by atoms with Crippen LogP contribution < -0.4 is 15.5 Å². The first-order valence-corrected chi connectivity index (χ1v) is 10.6. The van der Waals surface area contributed by atoms with Gasteiger partial charge in [0.15, 0.2) is 0 Å². The third-order valence-corrected chi connectivity index (χ3v) is 5.28. The highest BCUT2D eigenvalue weighted by atomic mass is 35.5. The maximum Gasteiger partial charge on any atom is 0.337 e. The molecular formula is C24H19Cl2N3O5. The third-order valence-electron chi connectivity index (χ3n) is 4.46. The minimum Gasteiger partial charge on any atom is -0.488 e. The Hall–Kier alpha value is -3.88. The van der Waals surface area contributed by atoms with Crippen molar-refractivity contribution in [2.45, 2.75) is 6.61 Å². The molecule has 0 aliphatic rings. The van der Waals surface area contributed by atoms with Crippen molar-refractivity contribution in [1.29, 1.82) is 0 Å². The molecule has 2 amide bonds. The molecule has 0 saturated carbocycles. The molecule has 8 nitrogen and oxygen atoms in total. The van der Waals surface area contributed by atoms with Crippen LogP contribution in [0, 0.1) is 0 Å². The molecule has 0 bridgehead atoms. The number of amides is 2. The summed E-state index contributed by atoms with van der Waals surface area (Å²) >= 11 is 11.9. The van der Waals surface area contributed by atoms with Gasteiger partial charge >= 0.3 is 17.8 Å². The fourth-order valence-electron chi connectivity index (χ4n) is 2.73. The number of rotatable bonds is 7. The van der Waals surface area contributed by atoms with Crippen molar-refractivity contribution in [2.75, 3.05) is 12.4 Å². The van der Waals surface area contributed by atoms with Crippen LogP contribution >= 0.6 is 23.2 Å². The average Bonchev–Trinajstić information content (AvgIpc) is 2.86. The van der Waals surface area contributed by atoms with Crippen molar-refractivity contribution >= 4 is 52.9 Å². The Balaban J connectivity index is 1.58. The van der Waals surface area contributed by atoms with E-state index in [1.165, 1.54) is 19.4 Å². The number of carbonyl (C=O) groups is 3. The normalized spacial score (nSPS) is 10.6. The summed E-state index contributed by atoms with van der Waals surface area (Å²) in [5, 5.41) is 6.56. The number of halogens is 2. The van der Waals surface area contributed by atoms with Gasteiger partial charge in [-0.1, -0.05) is 53.5 Å². The summed E-state index contributed by atoms with van der Waals surface area (Å²) in [6, 6.07) is 18.5. The summed E-state index contributed by atoms with van der Waals surface area (Å²) < 4.78 is 10.5. The van der Waals surface area contributed by atoms with E-state index >= 15 is 0 Å². The fraction of sp³-hybridized carbons (Fsp3) is 0.0833. The Morgan fingerprint density at radius 1 is 0.941 bits per heavy atom. The first kappa shape index (κ1) is 24.8. The molecule has 2 N–H and O–H groups in total. The first-order chi connectivity index (χ1) is 16.4. The molecule has 0 saturated heterocycles. The smallest absolute Gasteiger partial charge is 0.337 e. The quantitative estimate of drug-likeness (QED) is 0.216. The zero-order valence-corrected chi connectivity index (χ0v) is 19.4. The Morgan fingerprint density at radius 3 is 2.41 bits per heavy atom. The van der Waals surface area contributed by atoms with Gasteiger partial charge in [0, 0.05) is 5.56 Å². The number of carbonyl (C=O) groups excluding carboxylic acids is 3. The number of nitrogens with one attached hydrogen (secondary N) is 2. The lowest BCUT2D eigenvalue weighted by Gasteiger charge is -2.09. The Labute approximate surface area is 205 Å². The van der Waals surface area contributed by atoms with Gasteiger partial charge in [0.1, 0.15) is 12.4 Å². The van der Waals surface area contributed by atoms with Gasteiger partial charge in [0.2, 0.25) is 0 Å². The summed E-state index contributed by atoms with van der Waals surface area (Å²) in [6.07, 6.45) is 1.35. The minimum atomic E-state index is -0.989. The van der Waals surface area contributed by atoms with Crippen LogP contribution in [0.15, 0.2) is 71.8 Å². The summed E-state index contributed by atoms with van der Waals surface area (Å²) in [5.74, 6) is -1.86. The van der Waals surface area contributed by atoms with Gasteiger partial charge in [-0.05, 0) is 42.0 Å². The molecular weight excluding hydrogens is 481 g/mol. The second-order valence-corrected chi connectivity index (χ2v) is 7.55. The van der Waals surface area contributed by atoms with Crippen LogP contribution in [0.5, 0.6) is 5.75 Å². The number of hydrogen-bond donors (Lipinski definition) is 2. The number of nitrogens with zero attached hydrogens (tertiary/aromatic N) is 1. The number of hydrogen-bond acceptors (Lipinski definition) is 6. The van der Waals surface area contributed by atoms with E-state index in [0.717, 1.165) is 5.56 Å². The number of ether oxygens (including phenoxy) is 2. The predicted molar refractivity (Wildman–Crippen MR) is 129 cm³/mol. The number of benzene rings is 3. The van der Waals surface area contributed by atoms with Gasteiger partial charge in [0.25, 0.3) is 0 Å². The molecule has 0 aliphatic carbocycles. The largest absolute Gasteiger partial charge is 0.488 e. The molecule has 0 atom stereocenters. The zero-order chi connectivity index (χ0) is 24.5. The van der Waals surface area contributed by atoms with E-state index in [1.807, 2.05) is 0 Å². The van der Waals surface area contributed by atoms with Gasteiger partial charge in [-0.3, -0.25) is 9.59 Å². The lowest BCUT2D eigenvalue weighted by atomic mass is 10.1. The molecule has 0 heterocycles. The molecule has 0 aliphatic heterocycles. The van der Waals surface area contributed by atoms with Gasteiger partial charge in [-0.2, -0.15) is 5.10 Å². The lowest BCUT2D eigenvalue weighted by molar-refractivity contribution is -0.136. The van der Waals surface area contributed by atoms with Crippen molar-refractivity contribution in [2.24, 2.45) is 5.10 Å². The highest BCUT2D eigenvalue weighted by Gasteiger charge is 2.15. The monoisotopic (exact) mass is 499 g/mol. The van der Waals surface area contributed by atoms with Crippen LogP contribution in [-0.4, -0.2) is 31.1 Å². The van der Waals surface area contributed by atoms with E-state index in [9.17, 15) is 14.4 Å². The van der Waals surface area contributed by atoms with Gasteiger partial charge < -0.3 is 14.8 Å². The van der Waals surface area contributed by atoms with Crippen LogP contribution in [0.25, 0.3) is 0 Å². The molecule has 34 heavy (non-hydrogen) atoms. The fourth-order valence-corrected chi connectivity index (χ4v) is 3.07. The van der Waals surface area contributed by atoms with E-state index in [4.69, 9.17) is 27.9 Å². The van der Waals surface area contributed by atoms with E-state index in [-0.39, 0.29) is 22.3 Å². The number of methoxy groups -OCH3 is 1. The molecule has 3 aromatic carbocycles. The van der Waals surface area contributed by atoms with Gasteiger partial charge in [-0.15, -0.1) is 0 Å². The molecule has 0 aromatic heterocycles. The number of para-hydroxylation sites is 1. The maximum atomic E-state index is 12.1. The van der Waals surface area contributed by atoms with Crippen LogP contribution in [0.2, 0.25) is 10.0 Å². The van der Waals surface area contributed by atoms with Gasteiger partial charge in [0.05, 0.1) is 34.6 Å². The number of anilines is 1. The van der Waals surface area contributed by atoms with Crippen LogP contribution in [0.4, 0.5) is 5.69 Å². The van der Waals surface area contributed by atoms with Crippen molar-refractivity contribution in [3.05, 3.63) is 93.5 Å². The lowest BCUT2D eigenvalue weighted by Crippen LogP contribution is -2.32. The Morgan fingerprint density at radius 2 is 1.68 bits per heavy atom. The highest BCUT2D eigenvalue weighted by Crippen LogP contribution is 2.29. The van der Waals surface area contributed by atoms with Crippen molar-refractivity contribution < 1.29 is 23.9 Å². The van der Waals surface area contributed by atoms with E-state index in [0.29, 0.717) is 16.9 Å². The van der Waals surface area contributed by atoms with Crippen molar-refractivity contribution in [3.63, 3.8) is 0 Å². The molecule has 0 fully saturated rings. The second kappa shape index (κ2) is 11.8. The molecule has 0 radical (unpaired) electrons. The van der Waals surface area contributed by atoms with Crippen LogP contribution in [-0.2, 0) is 20.9 Å². The maximum absolute atomic E-state index is 12.1. The topological polar surface area (TPSA) is 106 Å². The van der Waals surface area contributed by atoms with E-state index < -0.39 is 17.8 Å². The third kappa shape index (κ3) is 6.57. The van der Waals surface area contributed by atoms with Gasteiger partial charge in [-0.25, -0.2) is 10.2 Å². The van der Waals surface area contributed by atoms with Crippen molar-refractivity contribution in [3.8, 4) is 5.75 Å². The molecule has 0 spiro atoms. The summed E-state index contributed by atoms with van der Waals surface area (Å²) in [6.45, 7) is 0.238. The van der Waals surface area contributed by atoms with E-state index in [2.05, 4.69) is 20.6 Å². The standard InChI is InChI=1S/C24H19Cl2N3O5/c1-33-24(32)16-11-9-15(10-12-16)14-34-20-8-3-2-5-17(20)13-27-29-23(31)22(30)28-19-7-4-6-18(25)21(19)26/h2-13H,14H2,1H3,(H,28,30)(H,29,31)/b27-13-. The highest BCUT2D eigenvalue weighted by molar-refractivity contribution is 6.45. The Bertz CT molecular complexity index is 1230. The summed E-state index contributed by atoms with van der Waals surface area (Å²) in [5.41, 5.74) is 4.21. The first-order valence-electron chi connectivity index (χ1n) is 9.86. The Kier molecular flexibility index (Phi) is 8.61. The summed E-state index contributed by atoms with van der Waals surface area (Å²) in [4.78, 5) is 35.7. The summed E-state index contributed by atoms with van der Waals surface area (Å²) in [7, 11) is 1.32. The van der Waals surface area contributed by atoms with Crippen LogP contribution in [0.1, 0.15) is 21.5 Å². The minimum absolute atomic E-state index is 0.125. The average molecular weight is 500 g/mol. The predicted octanol–water partition coefficient (Wildman–Crippen LogP) is 4.45. The van der Waals surface area contributed by atoms with Crippen LogP contribution in [0.3, 0.4) is 0 Å². The molecule has 0 unspecified atom stereocenters. The number of esters is 1. The number of hydrazone groups is 1. The molecule has 174 valence electrons. The molecule has 3 rings (SSSR count). The zero-order valence-electron chi connectivity index (χ0n) is 17.9.